The van der Waals surface area contributed by atoms with Gasteiger partial charge in [-0.2, -0.15) is 13.2 Å². The highest BCUT2D eigenvalue weighted by Crippen LogP contribution is 2.29. The molecule has 2 aromatic rings. The summed E-state index contributed by atoms with van der Waals surface area (Å²) in [6, 6.07) is 11.7. The summed E-state index contributed by atoms with van der Waals surface area (Å²) in [4.78, 5) is 11.4. The van der Waals surface area contributed by atoms with Crippen LogP contribution in [-0.2, 0) is 17.3 Å². The van der Waals surface area contributed by atoms with Crippen molar-refractivity contribution in [2.75, 3.05) is 19.0 Å². The molecule has 0 aliphatic carbocycles. The summed E-state index contributed by atoms with van der Waals surface area (Å²) < 4.78 is 42.7. The summed E-state index contributed by atoms with van der Waals surface area (Å²) in [5.41, 5.74) is 0.995. The van der Waals surface area contributed by atoms with Crippen molar-refractivity contribution in [3.05, 3.63) is 65.2 Å². The van der Waals surface area contributed by atoms with Crippen LogP contribution < -0.4 is 10.6 Å². The van der Waals surface area contributed by atoms with Crippen LogP contribution in [0.25, 0.3) is 0 Å². The molecule has 2 rings (SSSR count). The van der Waals surface area contributed by atoms with Gasteiger partial charge in [-0.1, -0.05) is 18.2 Å². The fourth-order valence-corrected chi connectivity index (χ4v) is 2.43. The number of hydrogen-bond donors (Lipinski definition) is 2. The number of thiocarbonyl (C=S) groups is 1. The zero-order valence-electron chi connectivity index (χ0n) is 13.9. The molecule has 2 N–H and O–H groups in total. The number of halogens is 3. The summed E-state index contributed by atoms with van der Waals surface area (Å²) in [6.45, 7) is 0.382. The van der Waals surface area contributed by atoms with E-state index in [-0.39, 0.29) is 0 Å². The maximum Gasteiger partial charge on any atom is 0.416 e. The molecule has 0 spiro atoms. The minimum atomic E-state index is -4.35. The van der Waals surface area contributed by atoms with Gasteiger partial charge in [0.05, 0.1) is 18.2 Å². The van der Waals surface area contributed by atoms with Crippen LogP contribution in [0.4, 0.5) is 18.9 Å². The van der Waals surface area contributed by atoms with Gasteiger partial charge in [0.15, 0.2) is 5.11 Å². The Hall–Kier alpha value is -2.61. The monoisotopic (exact) mass is 382 g/mol. The Bertz CT molecular complexity index is 777. The van der Waals surface area contributed by atoms with Gasteiger partial charge >= 0.3 is 12.1 Å². The molecule has 0 fully saturated rings. The van der Waals surface area contributed by atoms with Crippen molar-refractivity contribution < 1.29 is 22.7 Å². The molecule has 0 aromatic heterocycles. The number of methoxy groups -OCH3 is 1. The van der Waals surface area contributed by atoms with E-state index in [4.69, 9.17) is 12.2 Å². The van der Waals surface area contributed by atoms with Crippen LogP contribution in [0, 0.1) is 0 Å². The van der Waals surface area contributed by atoms with Crippen LogP contribution in [0.2, 0.25) is 0 Å². The lowest BCUT2D eigenvalue weighted by atomic mass is 10.1. The molecule has 0 radical (unpaired) electrons. The van der Waals surface area contributed by atoms with Gasteiger partial charge in [-0.25, -0.2) is 4.79 Å². The second-order valence-corrected chi connectivity index (χ2v) is 5.81. The third-order valence-electron chi connectivity index (χ3n) is 3.52. The van der Waals surface area contributed by atoms with Crippen LogP contribution >= 0.6 is 12.2 Å². The number of carbonyl (C=O) groups excluding carboxylic acids is 1. The molecule has 0 aliphatic heterocycles. The van der Waals surface area contributed by atoms with Crippen molar-refractivity contribution in [2.45, 2.75) is 12.6 Å². The highest BCUT2D eigenvalue weighted by Gasteiger charge is 2.30. The van der Waals surface area contributed by atoms with E-state index in [0.717, 1.165) is 12.1 Å². The third-order valence-corrected chi connectivity index (χ3v) is 3.76. The van der Waals surface area contributed by atoms with Crippen LogP contribution in [0.15, 0.2) is 48.5 Å². The number of hydrogen-bond acceptors (Lipinski definition) is 3. The predicted molar refractivity (Wildman–Crippen MR) is 97.2 cm³/mol. The Morgan fingerprint density at radius 1 is 1.15 bits per heavy atom. The minimum Gasteiger partial charge on any atom is -0.465 e. The zero-order chi connectivity index (χ0) is 19.2. The van der Waals surface area contributed by atoms with E-state index in [1.165, 1.54) is 13.2 Å². The van der Waals surface area contributed by atoms with E-state index in [0.29, 0.717) is 34.9 Å². The van der Waals surface area contributed by atoms with E-state index in [1.54, 1.807) is 30.3 Å². The molecular formula is C18H17F3N2O2S. The second kappa shape index (κ2) is 8.66. The van der Waals surface area contributed by atoms with Gasteiger partial charge in [-0.05, 0) is 54.5 Å². The average molecular weight is 382 g/mol. The van der Waals surface area contributed by atoms with Gasteiger partial charge in [0.1, 0.15) is 0 Å². The van der Waals surface area contributed by atoms with Crippen molar-refractivity contribution >= 4 is 29.0 Å². The van der Waals surface area contributed by atoms with Gasteiger partial charge in [-0.15, -0.1) is 0 Å². The standard InChI is InChI=1S/C18H17F3N2O2S/c1-25-16(24)13-5-7-15(8-6-13)23-17(26)22-10-9-12-3-2-4-14(11-12)18(19,20)21/h2-8,11H,9-10H2,1H3,(H2,22,23,26). The molecule has 0 saturated carbocycles. The van der Waals surface area contributed by atoms with Crippen LogP contribution in [-0.4, -0.2) is 24.7 Å². The molecule has 0 aliphatic rings. The lowest BCUT2D eigenvalue weighted by molar-refractivity contribution is -0.137. The minimum absolute atomic E-state index is 0.336. The Labute approximate surface area is 154 Å². The normalized spacial score (nSPS) is 10.9. The fourth-order valence-electron chi connectivity index (χ4n) is 2.21. The number of benzene rings is 2. The summed E-state index contributed by atoms with van der Waals surface area (Å²) in [7, 11) is 1.30. The SMILES string of the molecule is COC(=O)c1ccc(NC(=S)NCCc2cccc(C(F)(F)F)c2)cc1. The number of anilines is 1. The summed E-state index contributed by atoms with van der Waals surface area (Å²) in [5.74, 6) is -0.432. The molecular weight excluding hydrogens is 365 g/mol. The summed E-state index contributed by atoms with van der Waals surface area (Å²) >= 11 is 5.15. The van der Waals surface area contributed by atoms with E-state index in [2.05, 4.69) is 15.4 Å². The molecule has 0 atom stereocenters. The first kappa shape index (κ1) is 19.7. The predicted octanol–water partition coefficient (Wildman–Crippen LogP) is 4.02. The van der Waals surface area contributed by atoms with Gasteiger partial charge in [-0.3, -0.25) is 0 Å². The van der Waals surface area contributed by atoms with Crippen LogP contribution in [0.5, 0.6) is 0 Å². The molecule has 138 valence electrons. The van der Waals surface area contributed by atoms with Crippen molar-refractivity contribution in [3.8, 4) is 0 Å². The number of esters is 1. The molecule has 0 amide bonds. The topological polar surface area (TPSA) is 50.4 Å². The van der Waals surface area contributed by atoms with Crippen LogP contribution in [0.3, 0.4) is 0 Å². The maximum absolute atomic E-state index is 12.7. The number of nitrogens with one attached hydrogen (secondary N) is 2. The zero-order valence-corrected chi connectivity index (χ0v) is 14.7. The number of rotatable bonds is 5. The first-order valence-electron chi connectivity index (χ1n) is 7.69. The molecule has 0 bridgehead atoms. The lowest BCUT2D eigenvalue weighted by Gasteiger charge is -2.12. The average Bonchev–Trinajstić information content (AvgIpc) is 2.61. The second-order valence-electron chi connectivity index (χ2n) is 5.40. The highest BCUT2D eigenvalue weighted by molar-refractivity contribution is 7.80. The maximum atomic E-state index is 12.7. The van der Waals surface area contributed by atoms with Gasteiger partial charge in [0.2, 0.25) is 0 Å². The van der Waals surface area contributed by atoms with Crippen molar-refractivity contribution in [1.29, 1.82) is 0 Å². The van der Waals surface area contributed by atoms with Crippen LogP contribution in [0.1, 0.15) is 21.5 Å². The molecule has 0 saturated heterocycles. The van der Waals surface area contributed by atoms with E-state index in [9.17, 15) is 18.0 Å². The Morgan fingerprint density at radius 3 is 2.46 bits per heavy atom. The Kier molecular flexibility index (Phi) is 6.57. The fraction of sp³-hybridized carbons (Fsp3) is 0.222. The first-order valence-corrected chi connectivity index (χ1v) is 8.10. The molecule has 4 nitrogen and oxygen atoms in total. The smallest absolute Gasteiger partial charge is 0.416 e. The lowest BCUT2D eigenvalue weighted by Crippen LogP contribution is -2.30. The molecule has 26 heavy (non-hydrogen) atoms. The van der Waals surface area contributed by atoms with E-state index >= 15 is 0 Å². The molecule has 0 heterocycles. The number of alkyl halides is 3. The van der Waals surface area contributed by atoms with Crippen molar-refractivity contribution in [1.82, 2.24) is 5.32 Å². The van der Waals surface area contributed by atoms with Gasteiger partial charge in [0.25, 0.3) is 0 Å². The largest absolute Gasteiger partial charge is 0.465 e. The van der Waals surface area contributed by atoms with Crippen molar-refractivity contribution in [3.63, 3.8) is 0 Å². The first-order chi connectivity index (χ1) is 12.3. The quantitative estimate of drug-likeness (QED) is 0.604. The summed E-state index contributed by atoms with van der Waals surface area (Å²) in [6.07, 6.45) is -3.95. The molecule has 0 unspecified atom stereocenters. The van der Waals surface area contributed by atoms with E-state index < -0.39 is 17.7 Å². The van der Waals surface area contributed by atoms with E-state index in [1.807, 2.05) is 0 Å². The Balaban J connectivity index is 1.83. The van der Waals surface area contributed by atoms with Gasteiger partial charge < -0.3 is 15.4 Å². The summed E-state index contributed by atoms with van der Waals surface area (Å²) in [5, 5.41) is 6.21. The molecule has 8 heteroatoms. The van der Waals surface area contributed by atoms with Gasteiger partial charge in [0, 0.05) is 12.2 Å². The highest BCUT2D eigenvalue weighted by atomic mass is 32.1. The molecule has 2 aromatic carbocycles. The van der Waals surface area contributed by atoms with Crippen molar-refractivity contribution in [2.24, 2.45) is 0 Å². The number of ether oxygens (including phenoxy) is 1. The number of carbonyl (C=O) groups is 1. The third kappa shape index (κ3) is 5.73. The Morgan fingerprint density at radius 2 is 1.85 bits per heavy atom.